The number of nitrogens with zero attached hydrogens (tertiary/aromatic N) is 1. The highest BCUT2D eigenvalue weighted by Crippen LogP contribution is 2.23. The summed E-state index contributed by atoms with van der Waals surface area (Å²) >= 11 is 3.57. The molecule has 4 heteroatoms. The average molecular weight is 309 g/mol. The average Bonchev–Trinajstić information content (AvgIpc) is 2.67. The van der Waals surface area contributed by atoms with E-state index in [1.165, 1.54) is 5.56 Å². The Morgan fingerprint density at radius 2 is 2.06 bits per heavy atom. The van der Waals surface area contributed by atoms with Crippen LogP contribution in [0.4, 0.5) is 0 Å². The summed E-state index contributed by atoms with van der Waals surface area (Å²) in [4.78, 5) is 0. The molecule has 18 heavy (non-hydrogen) atoms. The number of nitrogens with one attached hydrogen (secondary N) is 1. The van der Waals surface area contributed by atoms with Crippen molar-refractivity contribution in [3.8, 4) is 0 Å². The molecule has 1 aromatic carbocycles. The zero-order valence-electron chi connectivity index (χ0n) is 10.8. The summed E-state index contributed by atoms with van der Waals surface area (Å²) < 4.78 is 6.29. The van der Waals surface area contributed by atoms with Crippen molar-refractivity contribution in [3.05, 3.63) is 51.3 Å². The van der Waals surface area contributed by atoms with E-state index in [0.717, 1.165) is 28.0 Å². The van der Waals surface area contributed by atoms with Gasteiger partial charge in [0.25, 0.3) is 0 Å². The Balaban J connectivity index is 2.05. The maximum Gasteiger partial charge on any atom is 0.138 e. The van der Waals surface area contributed by atoms with Crippen molar-refractivity contribution in [2.24, 2.45) is 0 Å². The van der Waals surface area contributed by atoms with Crippen LogP contribution in [-0.2, 0) is 6.54 Å². The van der Waals surface area contributed by atoms with Crippen LogP contribution in [-0.4, -0.2) is 5.16 Å². The largest absolute Gasteiger partial charge is 0.361 e. The summed E-state index contributed by atoms with van der Waals surface area (Å²) in [5.41, 5.74) is 3.36. The van der Waals surface area contributed by atoms with E-state index in [2.05, 4.69) is 45.5 Å². The van der Waals surface area contributed by atoms with Crippen LogP contribution in [0.3, 0.4) is 0 Å². The van der Waals surface area contributed by atoms with Crippen LogP contribution in [0.1, 0.15) is 35.5 Å². The topological polar surface area (TPSA) is 38.1 Å². The first kappa shape index (κ1) is 13.3. The number of hydrogen-bond donors (Lipinski definition) is 1. The number of aryl methyl sites for hydroxylation is 2. The molecule has 1 aromatic heterocycles. The second-order valence-electron chi connectivity index (χ2n) is 4.43. The highest BCUT2D eigenvalue weighted by Gasteiger charge is 2.12. The first-order valence-electron chi connectivity index (χ1n) is 5.99. The fourth-order valence-electron chi connectivity index (χ4n) is 1.95. The van der Waals surface area contributed by atoms with Crippen molar-refractivity contribution >= 4 is 15.9 Å². The Kier molecular flexibility index (Phi) is 4.19. The Morgan fingerprint density at radius 1 is 1.33 bits per heavy atom. The molecule has 0 aliphatic heterocycles. The smallest absolute Gasteiger partial charge is 0.138 e. The maximum absolute atomic E-state index is 5.16. The fourth-order valence-corrected chi connectivity index (χ4v) is 2.57. The minimum atomic E-state index is 0.272. The summed E-state index contributed by atoms with van der Waals surface area (Å²) in [5.74, 6) is 0.888. The van der Waals surface area contributed by atoms with Gasteiger partial charge in [0.2, 0.25) is 0 Å². The lowest BCUT2D eigenvalue weighted by molar-refractivity contribution is 0.391. The molecule has 3 nitrogen and oxygen atoms in total. The summed E-state index contributed by atoms with van der Waals surface area (Å²) in [6, 6.07) is 8.52. The van der Waals surface area contributed by atoms with E-state index in [1.54, 1.807) is 0 Å². The minimum Gasteiger partial charge on any atom is -0.361 e. The monoisotopic (exact) mass is 308 g/mol. The molecule has 2 rings (SSSR count). The van der Waals surface area contributed by atoms with Gasteiger partial charge >= 0.3 is 0 Å². The van der Waals surface area contributed by atoms with Crippen molar-refractivity contribution in [2.45, 2.75) is 33.4 Å². The van der Waals surface area contributed by atoms with Gasteiger partial charge in [0.05, 0.1) is 5.69 Å². The van der Waals surface area contributed by atoms with Gasteiger partial charge in [0, 0.05) is 22.6 Å². The molecular formula is C14H17BrN2O. The number of hydrogen-bond acceptors (Lipinski definition) is 3. The summed E-state index contributed by atoms with van der Waals surface area (Å²) in [5, 5.41) is 7.45. The molecular weight excluding hydrogens is 292 g/mol. The van der Waals surface area contributed by atoms with E-state index < -0.39 is 0 Å². The molecule has 0 aliphatic carbocycles. The minimum absolute atomic E-state index is 0.272. The summed E-state index contributed by atoms with van der Waals surface area (Å²) in [6.45, 7) is 6.83. The molecule has 0 radical (unpaired) electrons. The zero-order chi connectivity index (χ0) is 13.1. The molecule has 2 aromatic rings. The van der Waals surface area contributed by atoms with Crippen molar-refractivity contribution in [2.75, 3.05) is 0 Å². The van der Waals surface area contributed by atoms with Crippen LogP contribution < -0.4 is 5.32 Å². The van der Waals surface area contributed by atoms with Gasteiger partial charge in [-0.2, -0.15) is 0 Å². The van der Waals surface area contributed by atoms with Gasteiger partial charge in [0.1, 0.15) is 5.76 Å². The van der Waals surface area contributed by atoms with E-state index in [9.17, 15) is 0 Å². The first-order valence-corrected chi connectivity index (χ1v) is 6.78. The van der Waals surface area contributed by atoms with Crippen LogP contribution >= 0.6 is 15.9 Å². The molecule has 0 saturated carbocycles. The van der Waals surface area contributed by atoms with Crippen molar-refractivity contribution < 1.29 is 4.52 Å². The van der Waals surface area contributed by atoms with Gasteiger partial charge in [-0.25, -0.2) is 0 Å². The SMILES string of the molecule is Cc1noc(C)c1CNC(C)c1ccccc1Br. The molecule has 96 valence electrons. The highest BCUT2D eigenvalue weighted by molar-refractivity contribution is 9.10. The van der Waals surface area contributed by atoms with Crippen molar-refractivity contribution in [1.82, 2.24) is 10.5 Å². The van der Waals surface area contributed by atoms with E-state index in [4.69, 9.17) is 4.52 Å². The van der Waals surface area contributed by atoms with Crippen LogP contribution in [0.15, 0.2) is 33.3 Å². The van der Waals surface area contributed by atoms with Crippen molar-refractivity contribution in [3.63, 3.8) is 0 Å². The van der Waals surface area contributed by atoms with Crippen LogP contribution in [0.5, 0.6) is 0 Å². The highest BCUT2D eigenvalue weighted by atomic mass is 79.9. The molecule has 0 aliphatic rings. The third kappa shape index (κ3) is 2.82. The molecule has 1 atom stereocenters. The Hall–Kier alpha value is -1.13. The van der Waals surface area contributed by atoms with E-state index >= 15 is 0 Å². The summed E-state index contributed by atoms with van der Waals surface area (Å²) in [7, 11) is 0. The molecule has 0 saturated heterocycles. The Morgan fingerprint density at radius 3 is 2.67 bits per heavy atom. The predicted molar refractivity (Wildman–Crippen MR) is 75.4 cm³/mol. The van der Waals surface area contributed by atoms with E-state index in [-0.39, 0.29) is 6.04 Å². The number of aromatic nitrogens is 1. The van der Waals surface area contributed by atoms with Crippen molar-refractivity contribution in [1.29, 1.82) is 0 Å². The normalized spacial score (nSPS) is 12.7. The lowest BCUT2D eigenvalue weighted by atomic mass is 10.1. The summed E-state index contributed by atoms with van der Waals surface area (Å²) in [6.07, 6.45) is 0. The maximum atomic E-state index is 5.16. The Labute approximate surface area is 116 Å². The second-order valence-corrected chi connectivity index (χ2v) is 5.28. The van der Waals surface area contributed by atoms with Gasteiger partial charge in [-0.15, -0.1) is 0 Å². The first-order chi connectivity index (χ1) is 8.59. The van der Waals surface area contributed by atoms with Crippen LogP contribution in [0.25, 0.3) is 0 Å². The Bertz CT molecular complexity index is 517. The van der Waals surface area contributed by atoms with Gasteiger partial charge in [-0.1, -0.05) is 39.3 Å². The molecule has 0 amide bonds. The predicted octanol–water partition coefficient (Wildman–Crippen LogP) is 3.90. The molecule has 0 fully saturated rings. The van der Waals surface area contributed by atoms with Gasteiger partial charge in [-0.05, 0) is 32.4 Å². The zero-order valence-corrected chi connectivity index (χ0v) is 12.4. The second kappa shape index (κ2) is 5.67. The van der Waals surface area contributed by atoms with Crippen LogP contribution in [0, 0.1) is 13.8 Å². The van der Waals surface area contributed by atoms with Gasteiger partial charge in [0.15, 0.2) is 0 Å². The third-order valence-corrected chi connectivity index (χ3v) is 3.86. The fraction of sp³-hybridized carbons (Fsp3) is 0.357. The quantitative estimate of drug-likeness (QED) is 0.930. The van der Waals surface area contributed by atoms with Crippen LogP contribution in [0.2, 0.25) is 0 Å². The molecule has 0 bridgehead atoms. The van der Waals surface area contributed by atoms with Gasteiger partial charge < -0.3 is 9.84 Å². The number of rotatable bonds is 4. The van der Waals surface area contributed by atoms with E-state index in [0.29, 0.717) is 0 Å². The van der Waals surface area contributed by atoms with Gasteiger partial charge in [-0.3, -0.25) is 0 Å². The molecule has 1 unspecified atom stereocenters. The van der Waals surface area contributed by atoms with E-state index in [1.807, 2.05) is 26.0 Å². The number of benzene rings is 1. The standard InChI is InChI=1S/C14H17BrN2O/c1-9(12-6-4-5-7-14(12)15)16-8-13-10(2)17-18-11(13)3/h4-7,9,16H,8H2,1-3H3. The number of halogens is 1. The molecule has 1 heterocycles. The molecule has 0 spiro atoms. The molecule has 1 N–H and O–H groups in total. The lowest BCUT2D eigenvalue weighted by Crippen LogP contribution is -2.19. The lowest BCUT2D eigenvalue weighted by Gasteiger charge is -2.15. The third-order valence-electron chi connectivity index (χ3n) is 3.14.